The largest absolute Gasteiger partial charge is 0.392 e. The minimum atomic E-state index is -0.452. The number of nitrogens with two attached hydrogens (primary N) is 1. The fraction of sp³-hybridized carbons (Fsp3) is 0. The Morgan fingerprint density at radius 1 is 1.50 bits per heavy atom. The van der Waals surface area contributed by atoms with E-state index < -0.39 is 4.92 Å². The van der Waals surface area contributed by atoms with Crippen LogP contribution in [-0.2, 0) is 0 Å². The summed E-state index contributed by atoms with van der Waals surface area (Å²) >= 11 is 4.41. The van der Waals surface area contributed by atoms with Crippen LogP contribution in [0.15, 0.2) is 22.7 Å². The number of halogens is 1. The first-order chi connectivity index (χ1) is 6.61. The maximum atomic E-state index is 10.6. The van der Waals surface area contributed by atoms with Gasteiger partial charge in [0.25, 0.3) is 0 Å². The van der Waals surface area contributed by atoms with Gasteiger partial charge in [-0.05, 0) is 22.0 Å². The van der Waals surface area contributed by atoms with Gasteiger partial charge < -0.3 is 5.73 Å². The lowest BCUT2D eigenvalue weighted by Crippen LogP contribution is -1.90. The van der Waals surface area contributed by atoms with Crippen molar-refractivity contribution in [3.63, 3.8) is 0 Å². The van der Waals surface area contributed by atoms with Crippen LogP contribution in [0.5, 0.6) is 0 Å². The maximum Gasteiger partial charge on any atom is 0.348 e. The lowest BCUT2D eigenvalue weighted by molar-refractivity contribution is -0.379. The second kappa shape index (κ2) is 3.21. The topological polar surface area (TPSA) is 69.2 Å². The van der Waals surface area contributed by atoms with Gasteiger partial charge in [0.15, 0.2) is 0 Å². The molecule has 2 aromatic rings. The molecule has 0 atom stereocenters. The van der Waals surface area contributed by atoms with Crippen LogP contribution < -0.4 is 5.73 Å². The SMILES string of the molecule is Nc1c([N+](=O)[O-])sc2c(Br)cccc12. The van der Waals surface area contributed by atoms with E-state index in [9.17, 15) is 10.1 Å². The van der Waals surface area contributed by atoms with E-state index in [1.807, 2.05) is 6.07 Å². The first-order valence-electron chi connectivity index (χ1n) is 3.72. The predicted octanol–water partition coefficient (Wildman–Crippen LogP) is 3.15. The zero-order valence-corrected chi connectivity index (χ0v) is 9.26. The Hall–Kier alpha value is -1.14. The van der Waals surface area contributed by atoms with Crippen LogP contribution in [0.25, 0.3) is 10.1 Å². The molecule has 1 aromatic carbocycles. The second-order valence-corrected chi connectivity index (χ2v) is 4.55. The van der Waals surface area contributed by atoms with Crippen molar-refractivity contribution in [1.29, 1.82) is 0 Å². The minimum Gasteiger partial charge on any atom is -0.392 e. The number of nitrogens with zero attached hydrogens (tertiary/aromatic N) is 1. The van der Waals surface area contributed by atoms with E-state index in [4.69, 9.17) is 5.73 Å². The van der Waals surface area contributed by atoms with Crippen molar-refractivity contribution in [2.24, 2.45) is 0 Å². The zero-order chi connectivity index (χ0) is 10.3. The number of fused-ring (bicyclic) bond motifs is 1. The summed E-state index contributed by atoms with van der Waals surface area (Å²) in [5, 5.41) is 11.4. The normalized spacial score (nSPS) is 10.6. The Kier molecular flexibility index (Phi) is 2.16. The Labute approximate surface area is 91.6 Å². The number of rotatable bonds is 1. The number of thiophene rings is 1. The smallest absolute Gasteiger partial charge is 0.348 e. The van der Waals surface area contributed by atoms with Gasteiger partial charge in [0, 0.05) is 9.86 Å². The van der Waals surface area contributed by atoms with Crippen molar-refractivity contribution < 1.29 is 4.92 Å². The molecule has 0 aliphatic heterocycles. The van der Waals surface area contributed by atoms with Crippen LogP contribution in [0.4, 0.5) is 10.7 Å². The van der Waals surface area contributed by atoms with Crippen molar-refractivity contribution >= 4 is 48.0 Å². The van der Waals surface area contributed by atoms with Gasteiger partial charge in [-0.25, -0.2) is 0 Å². The van der Waals surface area contributed by atoms with Crippen molar-refractivity contribution in [2.75, 3.05) is 5.73 Å². The monoisotopic (exact) mass is 272 g/mol. The summed E-state index contributed by atoms with van der Waals surface area (Å²) in [6.07, 6.45) is 0. The molecule has 0 saturated carbocycles. The quantitative estimate of drug-likeness (QED) is 0.641. The van der Waals surface area contributed by atoms with Crippen molar-refractivity contribution in [2.45, 2.75) is 0 Å². The molecule has 1 heterocycles. The van der Waals surface area contributed by atoms with Gasteiger partial charge in [-0.15, -0.1) is 0 Å². The third-order valence-corrected chi connectivity index (χ3v) is 3.98. The molecule has 0 bridgehead atoms. The molecule has 14 heavy (non-hydrogen) atoms. The van der Waals surface area contributed by atoms with E-state index in [0.717, 1.165) is 25.9 Å². The third kappa shape index (κ3) is 1.27. The summed E-state index contributed by atoms with van der Waals surface area (Å²) in [6, 6.07) is 5.42. The first-order valence-corrected chi connectivity index (χ1v) is 5.33. The molecule has 1 aromatic heterocycles. The Bertz CT molecular complexity index is 523. The number of benzene rings is 1. The second-order valence-electron chi connectivity index (χ2n) is 2.69. The molecule has 0 radical (unpaired) electrons. The van der Waals surface area contributed by atoms with Crippen LogP contribution >= 0.6 is 27.3 Å². The molecule has 0 amide bonds. The number of hydrogen-bond acceptors (Lipinski definition) is 4. The Morgan fingerprint density at radius 2 is 2.21 bits per heavy atom. The molecular weight excluding hydrogens is 268 g/mol. The van der Waals surface area contributed by atoms with Crippen LogP contribution in [0.1, 0.15) is 0 Å². The van der Waals surface area contributed by atoms with E-state index in [-0.39, 0.29) is 10.7 Å². The van der Waals surface area contributed by atoms with Crippen molar-refractivity contribution in [3.8, 4) is 0 Å². The van der Waals surface area contributed by atoms with Gasteiger partial charge >= 0.3 is 5.00 Å². The molecule has 0 aliphatic carbocycles. The molecule has 72 valence electrons. The fourth-order valence-electron chi connectivity index (χ4n) is 1.23. The third-order valence-electron chi connectivity index (χ3n) is 1.85. The summed E-state index contributed by atoms with van der Waals surface area (Å²) in [7, 11) is 0. The molecule has 0 fully saturated rings. The minimum absolute atomic E-state index is 0.00639. The number of hydrogen-bond donors (Lipinski definition) is 1. The van der Waals surface area contributed by atoms with Gasteiger partial charge in [-0.1, -0.05) is 23.5 Å². The van der Waals surface area contributed by atoms with Gasteiger partial charge in [0.05, 0.1) is 9.62 Å². The van der Waals surface area contributed by atoms with E-state index >= 15 is 0 Å². The molecule has 0 spiro atoms. The van der Waals surface area contributed by atoms with E-state index in [1.54, 1.807) is 12.1 Å². The van der Waals surface area contributed by atoms with E-state index in [2.05, 4.69) is 15.9 Å². The lowest BCUT2D eigenvalue weighted by atomic mass is 10.2. The fourth-order valence-corrected chi connectivity index (χ4v) is 2.78. The average Bonchev–Trinajstić information content (AvgIpc) is 2.46. The molecule has 2 rings (SSSR count). The summed E-state index contributed by atoms with van der Waals surface area (Å²) in [6.45, 7) is 0. The van der Waals surface area contributed by atoms with Crippen LogP contribution in [-0.4, -0.2) is 4.92 Å². The van der Waals surface area contributed by atoms with Crippen LogP contribution in [0.2, 0.25) is 0 Å². The first kappa shape index (κ1) is 9.42. The van der Waals surface area contributed by atoms with Gasteiger partial charge in [0.1, 0.15) is 5.69 Å². The van der Waals surface area contributed by atoms with Crippen molar-refractivity contribution in [1.82, 2.24) is 0 Å². The van der Waals surface area contributed by atoms with Gasteiger partial charge in [-0.3, -0.25) is 10.1 Å². The average molecular weight is 273 g/mol. The lowest BCUT2D eigenvalue weighted by Gasteiger charge is -1.91. The molecule has 0 saturated heterocycles. The molecule has 6 heteroatoms. The van der Waals surface area contributed by atoms with Crippen LogP contribution in [0, 0.1) is 10.1 Å². The maximum absolute atomic E-state index is 10.6. The summed E-state index contributed by atoms with van der Waals surface area (Å²) < 4.78 is 1.65. The van der Waals surface area contributed by atoms with Gasteiger partial charge in [-0.2, -0.15) is 0 Å². The Balaban J connectivity index is 2.86. The highest BCUT2D eigenvalue weighted by atomic mass is 79.9. The van der Waals surface area contributed by atoms with Gasteiger partial charge in [0.2, 0.25) is 0 Å². The van der Waals surface area contributed by atoms with E-state index in [0.29, 0.717) is 0 Å². The highest BCUT2D eigenvalue weighted by Gasteiger charge is 2.19. The molecule has 0 aliphatic rings. The summed E-state index contributed by atoms with van der Waals surface area (Å²) in [5.74, 6) is 0. The molecule has 2 N–H and O–H groups in total. The standard InChI is InChI=1S/C8H5BrN2O2S/c9-5-3-1-2-4-6(10)8(11(12)13)14-7(4)5/h1-3H,10H2. The summed E-state index contributed by atoms with van der Waals surface area (Å²) in [4.78, 5) is 10.2. The highest BCUT2D eigenvalue weighted by Crippen LogP contribution is 2.42. The number of anilines is 1. The number of nitro groups is 1. The molecule has 0 unspecified atom stereocenters. The van der Waals surface area contributed by atoms with Crippen LogP contribution in [0.3, 0.4) is 0 Å². The highest BCUT2D eigenvalue weighted by molar-refractivity contribution is 9.10. The predicted molar refractivity (Wildman–Crippen MR) is 60.6 cm³/mol. The number of nitrogen functional groups attached to an aromatic ring is 1. The molecule has 4 nitrogen and oxygen atoms in total. The zero-order valence-electron chi connectivity index (χ0n) is 6.86. The summed E-state index contributed by atoms with van der Waals surface area (Å²) in [5.41, 5.74) is 5.90. The van der Waals surface area contributed by atoms with E-state index in [1.165, 1.54) is 0 Å². The molecular formula is C8H5BrN2O2S. The Morgan fingerprint density at radius 3 is 2.79 bits per heavy atom. The van der Waals surface area contributed by atoms with Crippen molar-refractivity contribution in [3.05, 3.63) is 32.8 Å².